The number of aromatic nitrogens is 2. The van der Waals surface area contributed by atoms with Crippen molar-refractivity contribution in [2.75, 3.05) is 6.54 Å². The van der Waals surface area contributed by atoms with Gasteiger partial charge in [0.2, 0.25) is 0 Å². The molecule has 4 heteroatoms. The molecule has 0 aliphatic heterocycles. The van der Waals surface area contributed by atoms with Crippen LogP contribution in [0.1, 0.15) is 23.9 Å². The first-order valence-electron chi connectivity index (χ1n) is 5.12. The average Bonchev–Trinajstić information content (AvgIpc) is 2.57. The van der Waals surface area contributed by atoms with Crippen LogP contribution in [0.2, 0.25) is 0 Å². The van der Waals surface area contributed by atoms with E-state index in [-0.39, 0.29) is 6.04 Å². The van der Waals surface area contributed by atoms with Gasteiger partial charge in [0.1, 0.15) is 5.82 Å². The maximum Gasteiger partial charge on any atom is 0.104 e. The van der Waals surface area contributed by atoms with E-state index in [9.17, 15) is 0 Å². The van der Waals surface area contributed by atoms with Crippen LogP contribution in [0.5, 0.6) is 0 Å². The fraction of sp³-hybridized carbons (Fsp3) is 0.364. The van der Waals surface area contributed by atoms with Gasteiger partial charge in [0, 0.05) is 6.04 Å². The lowest BCUT2D eigenvalue weighted by Crippen LogP contribution is -2.15. The van der Waals surface area contributed by atoms with Crippen molar-refractivity contribution in [1.82, 2.24) is 9.97 Å². The third-order valence-corrected chi connectivity index (χ3v) is 2.53. The smallest absolute Gasteiger partial charge is 0.104 e. The molecule has 1 unspecified atom stereocenters. The van der Waals surface area contributed by atoms with Crippen LogP contribution in [0.15, 0.2) is 18.2 Å². The monoisotopic (exact) mass is 204 g/mol. The van der Waals surface area contributed by atoms with E-state index in [4.69, 9.17) is 11.5 Å². The predicted molar refractivity (Wildman–Crippen MR) is 61.4 cm³/mol. The highest BCUT2D eigenvalue weighted by atomic mass is 14.9. The van der Waals surface area contributed by atoms with Gasteiger partial charge in [0.05, 0.1) is 11.0 Å². The molecule has 0 fully saturated rings. The first-order valence-corrected chi connectivity index (χ1v) is 5.12. The Bertz CT molecular complexity index is 461. The number of hydrogen-bond acceptors (Lipinski definition) is 3. The molecule has 0 amide bonds. The third-order valence-electron chi connectivity index (χ3n) is 2.53. The van der Waals surface area contributed by atoms with Crippen molar-refractivity contribution in [3.05, 3.63) is 29.6 Å². The summed E-state index contributed by atoms with van der Waals surface area (Å²) in [6.07, 6.45) is 0.804. The average molecular weight is 204 g/mol. The van der Waals surface area contributed by atoms with Crippen LogP contribution in [0.3, 0.4) is 0 Å². The van der Waals surface area contributed by atoms with E-state index in [0.717, 1.165) is 28.8 Å². The summed E-state index contributed by atoms with van der Waals surface area (Å²) < 4.78 is 0. The van der Waals surface area contributed by atoms with Gasteiger partial charge in [0.15, 0.2) is 0 Å². The Balaban J connectivity index is 2.37. The molecule has 0 aliphatic carbocycles. The minimum atomic E-state index is 0.0167. The number of aryl methyl sites for hydroxylation is 1. The van der Waals surface area contributed by atoms with Crippen LogP contribution >= 0.6 is 0 Å². The van der Waals surface area contributed by atoms with Crippen molar-refractivity contribution in [3.63, 3.8) is 0 Å². The van der Waals surface area contributed by atoms with Crippen molar-refractivity contribution in [1.29, 1.82) is 0 Å². The lowest BCUT2D eigenvalue weighted by molar-refractivity contribution is 0.662. The Morgan fingerprint density at radius 1 is 1.47 bits per heavy atom. The van der Waals surface area contributed by atoms with Crippen LogP contribution < -0.4 is 11.5 Å². The van der Waals surface area contributed by atoms with Crippen molar-refractivity contribution in [2.45, 2.75) is 19.4 Å². The maximum absolute atomic E-state index is 5.99. The van der Waals surface area contributed by atoms with Crippen molar-refractivity contribution < 1.29 is 0 Å². The summed E-state index contributed by atoms with van der Waals surface area (Å²) >= 11 is 0. The fourth-order valence-corrected chi connectivity index (χ4v) is 1.73. The van der Waals surface area contributed by atoms with Gasteiger partial charge in [0.25, 0.3) is 0 Å². The van der Waals surface area contributed by atoms with Gasteiger partial charge in [-0.3, -0.25) is 0 Å². The number of fused-ring (bicyclic) bond motifs is 1. The number of H-pyrrole nitrogens is 1. The molecule has 0 aliphatic rings. The largest absolute Gasteiger partial charge is 0.342 e. The number of benzene rings is 1. The summed E-state index contributed by atoms with van der Waals surface area (Å²) in [6, 6.07) is 6.08. The van der Waals surface area contributed by atoms with Gasteiger partial charge in [-0.15, -0.1) is 0 Å². The number of rotatable bonds is 3. The standard InChI is InChI=1S/C11H16N4/c1-7-14-10-3-2-8(6-11(10)15-7)9(13)4-5-12/h2-3,6,9H,4-5,12-13H2,1H3,(H,14,15). The lowest BCUT2D eigenvalue weighted by atomic mass is 10.0. The SMILES string of the molecule is Cc1nc2ccc(C(N)CCN)cc2[nH]1. The zero-order valence-corrected chi connectivity index (χ0v) is 8.83. The second kappa shape index (κ2) is 4.00. The molecule has 0 spiro atoms. The van der Waals surface area contributed by atoms with Crippen molar-refractivity contribution >= 4 is 11.0 Å². The Labute approximate surface area is 88.7 Å². The molecular formula is C11H16N4. The summed E-state index contributed by atoms with van der Waals surface area (Å²) in [7, 11) is 0. The van der Waals surface area contributed by atoms with E-state index < -0.39 is 0 Å². The molecule has 4 nitrogen and oxygen atoms in total. The summed E-state index contributed by atoms with van der Waals surface area (Å²) in [4.78, 5) is 7.54. The van der Waals surface area contributed by atoms with Crippen LogP contribution in [0.4, 0.5) is 0 Å². The zero-order chi connectivity index (χ0) is 10.8. The van der Waals surface area contributed by atoms with Crippen LogP contribution in [0.25, 0.3) is 11.0 Å². The first-order chi connectivity index (χ1) is 7.20. The van der Waals surface area contributed by atoms with E-state index in [2.05, 4.69) is 16.0 Å². The van der Waals surface area contributed by atoms with E-state index in [0.29, 0.717) is 6.54 Å². The van der Waals surface area contributed by atoms with Crippen molar-refractivity contribution in [3.8, 4) is 0 Å². The number of nitrogens with one attached hydrogen (secondary N) is 1. The predicted octanol–water partition coefficient (Wildman–Crippen LogP) is 1.22. The van der Waals surface area contributed by atoms with E-state index in [1.54, 1.807) is 0 Å². The van der Waals surface area contributed by atoms with Crippen LogP contribution in [0, 0.1) is 6.92 Å². The molecule has 2 aromatic rings. The second-order valence-electron chi connectivity index (χ2n) is 3.78. The fourth-order valence-electron chi connectivity index (χ4n) is 1.73. The third kappa shape index (κ3) is 2.00. The molecule has 15 heavy (non-hydrogen) atoms. The van der Waals surface area contributed by atoms with Crippen LogP contribution in [-0.2, 0) is 0 Å². The van der Waals surface area contributed by atoms with Gasteiger partial charge in [-0.25, -0.2) is 4.98 Å². The Hall–Kier alpha value is -1.39. The molecule has 1 aromatic heterocycles. The molecule has 0 radical (unpaired) electrons. The van der Waals surface area contributed by atoms with Gasteiger partial charge >= 0.3 is 0 Å². The molecule has 5 N–H and O–H groups in total. The molecular weight excluding hydrogens is 188 g/mol. The molecule has 2 rings (SSSR count). The summed E-state index contributed by atoms with van der Waals surface area (Å²) in [5.41, 5.74) is 14.6. The number of nitrogens with zero attached hydrogens (tertiary/aromatic N) is 1. The first kappa shape index (κ1) is 10.1. The highest BCUT2D eigenvalue weighted by Gasteiger charge is 2.07. The van der Waals surface area contributed by atoms with Crippen molar-refractivity contribution in [2.24, 2.45) is 11.5 Å². The highest BCUT2D eigenvalue weighted by molar-refractivity contribution is 5.75. The highest BCUT2D eigenvalue weighted by Crippen LogP contribution is 2.19. The molecule has 1 heterocycles. The normalized spacial score (nSPS) is 13.3. The van der Waals surface area contributed by atoms with Gasteiger partial charge < -0.3 is 16.5 Å². The Kier molecular flexibility index (Phi) is 2.70. The molecule has 80 valence electrons. The van der Waals surface area contributed by atoms with E-state index in [1.807, 2.05) is 19.1 Å². The molecule has 1 aromatic carbocycles. The number of nitrogens with two attached hydrogens (primary N) is 2. The van der Waals surface area contributed by atoms with Gasteiger partial charge in [-0.05, 0) is 37.6 Å². The molecule has 0 bridgehead atoms. The topological polar surface area (TPSA) is 80.7 Å². The summed E-state index contributed by atoms with van der Waals surface area (Å²) in [6.45, 7) is 2.56. The quantitative estimate of drug-likeness (QED) is 0.703. The van der Waals surface area contributed by atoms with Gasteiger partial charge in [-0.2, -0.15) is 0 Å². The zero-order valence-electron chi connectivity index (χ0n) is 8.83. The Morgan fingerprint density at radius 3 is 3.00 bits per heavy atom. The minimum absolute atomic E-state index is 0.0167. The molecule has 0 saturated carbocycles. The van der Waals surface area contributed by atoms with Gasteiger partial charge in [-0.1, -0.05) is 6.07 Å². The van der Waals surface area contributed by atoms with E-state index >= 15 is 0 Å². The number of hydrogen-bond donors (Lipinski definition) is 3. The second-order valence-corrected chi connectivity index (χ2v) is 3.78. The lowest BCUT2D eigenvalue weighted by Gasteiger charge is -2.09. The summed E-state index contributed by atoms with van der Waals surface area (Å²) in [5.74, 6) is 0.926. The van der Waals surface area contributed by atoms with Crippen LogP contribution in [-0.4, -0.2) is 16.5 Å². The Morgan fingerprint density at radius 2 is 2.27 bits per heavy atom. The summed E-state index contributed by atoms with van der Waals surface area (Å²) in [5, 5.41) is 0. The number of imidazole rings is 1. The molecule has 1 atom stereocenters. The molecule has 0 saturated heterocycles. The minimum Gasteiger partial charge on any atom is -0.342 e. The maximum atomic E-state index is 5.99. The van der Waals surface area contributed by atoms with E-state index in [1.165, 1.54) is 0 Å². The number of aromatic amines is 1.